The molecule has 5 nitrogen and oxygen atoms in total. The van der Waals surface area contributed by atoms with Crippen LogP contribution in [0.25, 0.3) is 10.9 Å². The number of benzene rings is 1. The number of pyridine rings is 1. The number of hydrogen-bond donors (Lipinski definition) is 1. The number of carboxylic acid groups (broad SMARTS) is 1. The Balaban J connectivity index is 1.42. The molecule has 3 atom stereocenters. The van der Waals surface area contributed by atoms with Crippen LogP contribution in [0.3, 0.4) is 0 Å². The van der Waals surface area contributed by atoms with E-state index >= 15 is 4.39 Å². The lowest BCUT2D eigenvalue weighted by Crippen LogP contribution is -2.44. The molecule has 2 aliphatic rings. The minimum atomic E-state index is -1.15. The minimum Gasteiger partial charge on any atom is -0.497 e. The van der Waals surface area contributed by atoms with Crippen LogP contribution in [0.1, 0.15) is 43.8 Å². The Morgan fingerprint density at radius 1 is 1.34 bits per heavy atom. The van der Waals surface area contributed by atoms with E-state index in [0.29, 0.717) is 30.7 Å². The lowest BCUT2D eigenvalue weighted by molar-refractivity contribution is -0.146. The van der Waals surface area contributed by atoms with Gasteiger partial charge in [-0.15, -0.1) is 0 Å². The summed E-state index contributed by atoms with van der Waals surface area (Å²) in [4.78, 5) is 18.4. The number of likely N-dealkylation sites (tertiary alicyclic amines) is 1. The molecule has 29 heavy (non-hydrogen) atoms. The number of fused-ring (bicyclic) bond motifs is 1. The molecule has 1 aliphatic carbocycles. The second-order valence-electron chi connectivity index (χ2n) is 8.52. The number of methoxy groups -OCH3 is 1. The van der Waals surface area contributed by atoms with Gasteiger partial charge >= 0.3 is 5.97 Å². The van der Waals surface area contributed by atoms with Gasteiger partial charge in [0.25, 0.3) is 0 Å². The van der Waals surface area contributed by atoms with Gasteiger partial charge in [-0.2, -0.15) is 0 Å². The number of hydrogen-bond acceptors (Lipinski definition) is 4. The second-order valence-corrected chi connectivity index (χ2v) is 8.52. The Bertz CT molecular complexity index is 870. The molecule has 0 amide bonds. The highest BCUT2D eigenvalue weighted by Crippen LogP contribution is 2.37. The van der Waals surface area contributed by atoms with Gasteiger partial charge in [-0.1, -0.05) is 0 Å². The number of carbonyl (C=O) groups is 1. The first-order chi connectivity index (χ1) is 14.0. The molecular formula is C23H29FN2O3. The Labute approximate surface area is 170 Å². The van der Waals surface area contributed by atoms with Crippen molar-refractivity contribution >= 4 is 16.9 Å². The van der Waals surface area contributed by atoms with E-state index < -0.39 is 18.1 Å². The fraction of sp³-hybridized carbons (Fsp3) is 0.565. The lowest BCUT2D eigenvalue weighted by Gasteiger charge is -2.37. The van der Waals surface area contributed by atoms with Crippen molar-refractivity contribution in [3.05, 3.63) is 36.0 Å². The van der Waals surface area contributed by atoms with Gasteiger partial charge < -0.3 is 14.7 Å². The summed E-state index contributed by atoms with van der Waals surface area (Å²) in [5.74, 6) is 0.318. The topological polar surface area (TPSA) is 62.7 Å². The molecule has 156 valence electrons. The van der Waals surface area contributed by atoms with E-state index in [2.05, 4.69) is 9.88 Å². The van der Waals surface area contributed by atoms with Crippen LogP contribution in [-0.2, 0) is 4.79 Å². The van der Waals surface area contributed by atoms with Crippen LogP contribution in [0.4, 0.5) is 4.39 Å². The lowest BCUT2D eigenvalue weighted by atomic mass is 9.81. The van der Waals surface area contributed by atoms with Gasteiger partial charge in [0.2, 0.25) is 0 Å². The largest absolute Gasteiger partial charge is 0.497 e. The minimum absolute atomic E-state index is 0.0313. The fourth-order valence-corrected chi connectivity index (χ4v) is 4.59. The monoisotopic (exact) mass is 400 g/mol. The smallest absolute Gasteiger partial charge is 0.308 e. The highest BCUT2D eigenvalue weighted by molar-refractivity contribution is 5.83. The Morgan fingerprint density at radius 2 is 2.17 bits per heavy atom. The molecule has 0 radical (unpaired) electrons. The average molecular weight is 400 g/mol. The van der Waals surface area contributed by atoms with Crippen LogP contribution in [0, 0.1) is 17.8 Å². The van der Waals surface area contributed by atoms with Gasteiger partial charge in [-0.05, 0) is 80.3 Å². The van der Waals surface area contributed by atoms with Crippen molar-refractivity contribution in [1.82, 2.24) is 9.88 Å². The van der Waals surface area contributed by atoms with Crippen molar-refractivity contribution in [1.29, 1.82) is 0 Å². The van der Waals surface area contributed by atoms with E-state index in [1.54, 1.807) is 19.4 Å². The average Bonchev–Trinajstić information content (AvgIpc) is 3.55. The quantitative estimate of drug-likeness (QED) is 0.708. The van der Waals surface area contributed by atoms with Crippen LogP contribution in [0.5, 0.6) is 5.75 Å². The molecule has 0 spiro atoms. The van der Waals surface area contributed by atoms with Crippen LogP contribution in [0.2, 0.25) is 0 Å². The standard InChI is InChI=1S/C23H29FN2O3/c1-29-17-5-7-22-19(12-17)18(8-10-25-22)21(24)6-4-16-9-11-26(13-15-2-3-15)14-20(16)23(27)28/h5,7-8,10,12,15-16,20-21H,2-4,6,9,11,13-14H2,1H3,(H,27,28)/t16-,20+,21-/m1/s1. The number of carboxylic acids is 1. The highest BCUT2D eigenvalue weighted by atomic mass is 19.1. The summed E-state index contributed by atoms with van der Waals surface area (Å²) in [6.07, 6.45) is 4.77. The number of aromatic nitrogens is 1. The number of ether oxygens (including phenoxy) is 1. The van der Waals surface area contributed by atoms with E-state index in [1.807, 2.05) is 18.2 Å². The van der Waals surface area contributed by atoms with Crippen molar-refractivity contribution in [3.8, 4) is 5.75 Å². The molecule has 6 heteroatoms. The summed E-state index contributed by atoms with van der Waals surface area (Å²) in [5.41, 5.74) is 1.34. The third-order valence-electron chi connectivity index (χ3n) is 6.48. The van der Waals surface area contributed by atoms with Gasteiger partial charge in [-0.25, -0.2) is 4.39 Å². The zero-order valence-corrected chi connectivity index (χ0v) is 16.9. The van der Waals surface area contributed by atoms with Gasteiger partial charge in [0.1, 0.15) is 11.9 Å². The van der Waals surface area contributed by atoms with E-state index in [0.717, 1.165) is 36.3 Å². The molecule has 1 saturated heterocycles. The highest BCUT2D eigenvalue weighted by Gasteiger charge is 2.36. The van der Waals surface area contributed by atoms with Gasteiger partial charge in [-0.3, -0.25) is 9.78 Å². The van der Waals surface area contributed by atoms with Gasteiger partial charge in [0, 0.05) is 24.7 Å². The van der Waals surface area contributed by atoms with Crippen LogP contribution >= 0.6 is 0 Å². The van der Waals surface area contributed by atoms with E-state index in [4.69, 9.17) is 4.74 Å². The number of piperidine rings is 1. The summed E-state index contributed by atoms with van der Waals surface area (Å²) in [6, 6.07) is 7.19. The van der Waals surface area contributed by atoms with E-state index in [1.165, 1.54) is 12.8 Å². The third-order valence-corrected chi connectivity index (χ3v) is 6.48. The summed E-state index contributed by atoms with van der Waals surface area (Å²) in [6.45, 7) is 2.55. The van der Waals surface area contributed by atoms with Gasteiger partial charge in [0.05, 0.1) is 18.5 Å². The molecule has 1 saturated carbocycles. The maximum absolute atomic E-state index is 15.2. The number of halogens is 1. The summed E-state index contributed by atoms with van der Waals surface area (Å²) in [7, 11) is 1.59. The molecule has 2 fully saturated rings. The summed E-state index contributed by atoms with van der Waals surface area (Å²) < 4.78 is 20.5. The first-order valence-corrected chi connectivity index (χ1v) is 10.6. The molecule has 4 rings (SSSR count). The Hall–Kier alpha value is -2.21. The number of nitrogens with zero attached hydrogens (tertiary/aromatic N) is 2. The predicted octanol–water partition coefficient (Wildman–Crippen LogP) is 4.47. The Kier molecular flexibility index (Phi) is 5.99. The summed E-state index contributed by atoms with van der Waals surface area (Å²) >= 11 is 0. The number of aliphatic carboxylic acids is 1. The molecule has 2 heterocycles. The van der Waals surface area contributed by atoms with Crippen LogP contribution < -0.4 is 4.74 Å². The molecule has 2 aromatic rings. The first-order valence-electron chi connectivity index (χ1n) is 10.6. The SMILES string of the molecule is COc1ccc2nccc([C@H](F)CC[C@@H]3CCN(CC4CC4)C[C@@H]3C(=O)O)c2c1. The molecule has 0 bridgehead atoms. The van der Waals surface area contributed by atoms with Crippen molar-refractivity contribution in [2.75, 3.05) is 26.7 Å². The third kappa shape index (κ3) is 4.69. The van der Waals surface area contributed by atoms with Crippen molar-refractivity contribution in [3.63, 3.8) is 0 Å². The van der Waals surface area contributed by atoms with Crippen molar-refractivity contribution in [2.45, 2.75) is 38.3 Å². The Morgan fingerprint density at radius 3 is 2.90 bits per heavy atom. The summed E-state index contributed by atoms with van der Waals surface area (Å²) in [5, 5.41) is 10.5. The number of alkyl halides is 1. The van der Waals surface area contributed by atoms with Gasteiger partial charge in [0.15, 0.2) is 0 Å². The molecule has 1 N–H and O–H groups in total. The maximum Gasteiger partial charge on any atom is 0.308 e. The van der Waals surface area contributed by atoms with Crippen molar-refractivity contribution in [2.24, 2.45) is 17.8 Å². The molecule has 0 unspecified atom stereocenters. The second kappa shape index (κ2) is 8.66. The zero-order valence-electron chi connectivity index (χ0n) is 16.9. The van der Waals surface area contributed by atoms with Crippen molar-refractivity contribution < 1.29 is 19.0 Å². The van der Waals surface area contributed by atoms with E-state index in [9.17, 15) is 9.90 Å². The maximum atomic E-state index is 15.2. The zero-order chi connectivity index (χ0) is 20.4. The van der Waals surface area contributed by atoms with E-state index in [-0.39, 0.29) is 5.92 Å². The molecule has 1 aromatic carbocycles. The van der Waals surface area contributed by atoms with Crippen LogP contribution in [0.15, 0.2) is 30.5 Å². The number of rotatable bonds is 8. The molecular weight excluding hydrogens is 371 g/mol. The predicted molar refractivity (Wildman–Crippen MR) is 110 cm³/mol. The van der Waals surface area contributed by atoms with Crippen LogP contribution in [-0.4, -0.2) is 47.7 Å². The fourth-order valence-electron chi connectivity index (χ4n) is 4.59. The normalized spacial score (nSPS) is 23.8. The first kappa shape index (κ1) is 20.1. The molecule has 1 aromatic heterocycles. The molecule has 1 aliphatic heterocycles.